The second kappa shape index (κ2) is 11.3. The van der Waals surface area contributed by atoms with E-state index in [1.807, 2.05) is 54.6 Å². The molecule has 1 heterocycles. The van der Waals surface area contributed by atoms with Crippen molar-refractivity contribution in [3.05, 3.63) is 108 Å². The average Bonchev–Trinajstić information content (AvgIpc) is 3.33. The molecular formula is C31H27NO5S2. The topological polar surface area (TPSA) is 77.6 Å². The zero-order valence-corrected chi connectivity index (χ0v) is 23.3. The van der Waals surface area contributed by atoms with E-state index in [4.69, 9.17) is 14.2 Å². The third-order valence-corrected chi connectivity index (χ3v) is 9.13. The molecule has 39 heavy (non-hydrogen) atoms. The first-order valence-corrected chi connectivity index (χ1v) is 14.4. The highest BCUT2D eigenvalue weighted by Crippen LogP contribution is 2.44. The number of methoxy groups -OCH3 is 3. The summed E-state index contributed by atoms with van der Waals surface area (Å²) >= 11 is 1.52. The lowest BCUT2D eigenvalue weighted by atomic mass is 10.1. The Labute approximate surface area is 232 Å². The lowest BCUT2D eigenvalue weighted by Gasteiger charge is -2.15. The van der Waals surface area contributed by atoms with Crippen LogP contribution in [0.5, 0.6) is 17.2 Å². The molecule has 0 saturated carbocycles. The van der Waals surface area contributed by atoms with Crippen molar-refractivity contribution in [2.45, 2.75) is 14.7 Å². The number of sulfone groups is 1. The summed E-state index contributed by atoms with van der Waals surface area (Å²) in [5.74, 6) is 1.28. The maximum Gasteiger partial charge on any atom is 0.208 e. The van der Waals surface area contributed by atoms with Gasteiger partial charge in [0.25, 0.3) is 0 Å². The molecule has 5 aromatic rings. The molecule has 0 bridgehead atoms. The number of benzene rings is 4. The molecule has 0 aliphatic heterocycles. The van der Waals surface area contributed by atoms with Gasteiger partial charge in [0.15, 0.2) is 11.5 Å². The molecule has 0 aliphatic rings. The summed E-state index contributed by atoms with van der Waals surface area (Å²) in [6.07, 6.45) is 1.65. The Morgan fingerprint density at radius 2 is 1.36 bits per heavy atom. The highest BCUT2D eigenvalue weighted by Gasteiger charge is 2.28. The Kier molecular flexibility index (Phi) is 7.67. The van der Waals surface area contributed by atoms with Crippen molar-refractivity contribution >= 4 is 43.5 Å². The second-order valence-corrected chi connectivity index (χ2v) is 11.6. The fraction of sp³-hybridized carbons (Fsp3) is 0.0968. The van der Waals surface area contributed by atoms with Crippen LogP contribution in [0.25, 0.3) is 21.9 Å². The van der Waals surface area contributed by atoms with Crippen LogP contribution in [-0.4, -0.2) is 34.7 Å². The van der Waals surface area contributed by atoms with Gasteiger partial charge < -0.3 is 19.2 Å². The summed E-state index contributed by atoms with van der Waals surface area (Å²) in [5, 5.41) is 0.931. The zero-order valence-electron chi connectivity index (χ0n) is 21.7. The van der Waals surface area contributed by atoms with Gasteiger partial charge in [-0.3, -0.25) is 0 Å². The van der Waals surface area contributed by atoms with E-state index < -0.39 is 9.84 Å². The maximum atomic E-state index is 14.3. The summed E-state index contributed by atoms with van der Waals surface area (Å²) in [4.78, 5) is 5.53. The molecule has 0 fully saturated rings. The van der Waals surface area contributed by atoms with Crippen LogP contribution in [0.4, 0.5) is 0 Å². The molecular weight excluding hydrogens is 530 g/mol. The molecule has 1 aromatic heterocycles. The standard InChI is InChI=1S/C31H27NO5S2/c1-35-26-18-21(19-27(36-2)30(26)37-3)20-28(39(33,34)23-14-8-5-9-15-23)29-31(38-22-12-6-4-7-13-22)24-16-10-11-17-25(24)32-29/h4-20,32H,1-3H3/b28-20+. The molecule has 6 nitrogen and oxygen atoms in total. The Hall–Kier alpha value is -4.14. The lowest BCUT2D eigenvalue weighted by Crippen LogP contribution is -2.06. The SMILES string of the molecule is COc1cc(/C=C(\c2[nH]c3ccccc3c2Sc2ccccc2)S(=O)(=O)c2ccccc2)cc(OC)c1OC. The van der Waals surface area contributed by atoms with Crippen LogP contribution in [0.2, 0.25) is 0 Å². The smallest absolute Gasteiger partial charge is 0.208 e. The fourth-order valence-corrected chi connectivity index (χ4v) is 6.98. The number of hydrogen-bond donors (Lipinski definition) is 1. The van der Waals surface area contributed by atoms with Crippen LogP contribution >= 0.6 is 11.8 Å². The quantitative estimate of drug-likeness (QED) is 0.205. The minimum Gasteiger partial charge on any atom is -0.493 e. The summed E-state index contributed by atoms with van der Waals surface area (Å²) in [6.45, 7) is 0. The molecule has 0 saturated heterocycles. The number of hydrogen-bond acceptors (Lipinski definition) is 6. The number of nitrogens with one attached hydrogen (secondary N) is 1. The van der Waals surface area contributed by atoms with Crippen LogP contribution in [0.3, 0.4) is 0 Å². The van der Waals surface area contributed by atoms with Gasteiger partial charge in [-0.2, -0.15) is 0 Å². The molecule has 198 valence electrons. The van der Waals surface area contributed by atoms with Gasteiger partial charge in [-0.1, -0.05) is 66.4 Å². The zero-order chi connectivity index (χ0) is 27.4. The summed E-state index contributed by atoms with van der Waals surface area (Å²) in [5.41, 5.74) is 1.92. The molecule has 0 radical (unpaired) electrons. The van der Waals surface area contributed by atoms with E-state index in [0.29, 0.717) is 28.5 Å². The summed E-state index contributed by atoms with van der Waals surface area (Å²) in [7, 11) is 0.614. The molecule has 1 N–H and O–H groups in total. The van der Waals surface area contributed by atoms with Crippen LogP contribution in [-0.2, 0) is 9.84 Å². The average molecular weight is 558 g/mol. The Bertz CT molecular complexity index is 1720. The van der Waals surface area contributed by atoms with E-state index in [1.165, 1.54) is 33.1 Å². The molecule has 0 atom stereocenters. The van der Waals surface area contributed by atoms with Gasteiger partial charge in [0, 0.05) is 20.7 Å². The van der Waals surface area contributed by atoms with Crippen molar-refractivity contribution < 1.29 is 22.6 Å². The number of para-hydroxylation sites is 1. The van der Waals surface area contributed by atoms with Gasteiger partial charge in [-0.25, -0.2) is 8.42 Å². The Morgan fingerprint density at radius 3 is 1.97 bits per heavy atom. The van der Waals surface area contributed by atoms with Crippen molar-refractivity contribution in [3.63, 3.8) is 0 Å². The maximum absolute atomic E-state index is 14.3. The minimum absolute atomic E-state index is 0.123. The fourth-order valence-electron chi connectivity index (χ4n) is 4.35. The van der Waals surface area contributed by atoms with Crippen molar-refractivity contribution in [3.8, 4) is 17.2 Å². The van der Waals surface area contributed by atoms with E-state index in [1.54, 1.807) is 48.5 Å². The highest BCUT2D eigenvalue weighted by molar-refractivity contribution is 8.01. The van der Waals surface area contributed by atoms with Crippen LogP contribution in [0.15, 0.2) is 112 Å². The van der Waals surface area contributed by atoms with Gasteiger partial charge in [-0.05, 0) is 54.1 Å². The summed E-state index contributed by atoms with van der Waals surface area (Å²) in [6, 6.07) is 29.6. The van der Waals surface area contributed by atoms with Crippen LogP contribution < -0.4 is 14.2 Å². The monoisotopic (exact) mass is 557 g/mol. The van der Waals surface area contributed by atoms with Crippen LogP contribution in [0, 0.1) is 0 Å². The third-order valence-electron chi connectivity index (χ3n) is 6.20. The number of rotatable bonds is 9. The number of aromatic amines is 1. The van der Waals surface area contributed by atoms with E-state index in [0.717, 1.165) is 20.7 Å². The predicted octanol–water partition coefficient (Wildman–Crippen LogP) is 7.32. The Morgan fingerprint density at radius 1 is 0.769 bits per heavy atom. The van der Waals surface area contributed by atoms with Crippen LogP contribution in [0.1, 0.15) is 11.3 Å². The molecule has 0 amide bonds. The first kappa shape index (κ1) is 26.5. The van der Waals surface area contributed by atoms with E-state index >= 15 is 0 Å². The molecule has 4 aromatic carbocycles. The predicted molar refractivity (Wildman–Crippen MR) is 156 cm³/mol. The summed E-state index contributed by atoms with van der Waals surface area (Å²) < 4.78 is 45.1. The van der Waals surface area contributed by atoms with Gasteiger partial charge in [0.05, 0.1) is 36.8 Å². The highest BCUT2D eigenvalue weighted by atomic mass is 32.2. The number of aromatic nitrogens is 1. The molecule has 0 spiro atoms. The van der Waals surface area contributed by atoms with Crippen molar-refractivity contribution in [1.82, 2.24) is 4.98 Å². The second-order valence-electron chi connectivity index (χ2n) is 8.57. The molecule has 5 rings (SSSR count). The largest absolute Gasteiger partial charge is 0.493 e. The third kappa shape index (κ3) is 5.26. The van der Waals surface area contributed by atoms with E-state index in [9.17, 15) is 8.42 Å². The van der Waals surface area contributed by atoms with Crippen molar-refractivity contribution in [1.29, 1.82) is 0 Å². The van der Waals surface area contributed by atoms with Gasteiger partial charge in [0.1, 0.15) is 0 Å². The number of H-pyrrole nitrogens is 1. The van der Waals surface area contributed by atoms with Crippen molar-refractivity contribution in [2.24, 2.45) is 0 Å². The molecule has 8 heteroatoms. The first-order chi connectivity index (χ1) is 19.0. The van der Waals surface area contributed by atoms with Gasteiger partial charge in [-0.15, -0.1) is 0 Å². The van der Waals surface area contributed by atoms with Gasteiger partial charge >= 0.3 is 0 Å². The lowest BCUT2D eigenvalue weighted by molar-refractivity contribution is 0.324. The molecule has 0 aliphatic carbocycles. The normalized spacial score (nSPS) is 11.9. The van der Waals surface area contributed by atoms with Gasteiger partial charge in [0.2, 0.25) is 15.6 Å². The Balaban J connectivity index is 1.81. The number of ether oxygens (including phenoxy) is 3. The molecule has 0 unspecified atom stereocenters. The van der Waals surface area contributed by atoms with E-state index in [-0.39, 0.29) is 9.80 Å². The van der Waals surface area contributed by atoms with E-state index in [2.05, 4.69) is 4.98 Å². The number of fused-ring (bicyclic) bond motifs is 1. The first-order valence-electron chi connectivity index (χ1n) is 12.1. The van der Waals surface area contributed by atoms with Crippen molar-refractivity contribution in [2.75, 3.05) is 21.3 Å². The minimum atomic E-state index is -3.97.